The molecule has 4 N–H and O–H groups in total. The number of nitro groups is 1. The van der Waals surface area contributed by atoms with Crippen molar-refractivity contribution in [2.45, 2.75) is 37.1 Å². The first-order valence-electron chi connectivity index (χ1n) is 5.51. The van der Waals surface area contributed by atoms with Crippen LogP contribution in [0.1, 0.15) is 6.42 Å². The largest absolute Gasteiger partial charge is 0.394 e. The van der Waals surface area contributed by atoms with Gasteiger partial charge in [-0.2, -0.15) is 0 Å². The van der Waals surface area contributed by atoms with Gasteiger partial charge < -0.3 is 29.9 Å². The summed E-state index contributed by atoms with van der Waals surface area (Å²) in [6.07, 6.45) is -6.56. The molecule has 18 heavy (non-hydrogen) atoms. The summed E-state index contributed by atoms with van der Waals surface area (Å²) in [7, 11) is 0. The first kappa shape index (κ1) is 15.2. The fraction of sp³-hybridized carbons (Fsp3) is 1.00. The van der Waals surface area contributed by atoms with Gasteiger partial charge in [0.05, 0.1) is 13.2 Å². The zero-order valence-corrected chi connectivity index (χ0v) is 9.58. The maximum atomic E-state index is 10.1. The molecule has 0 bridgehead atoms. The Balaban J connectivity index is 2.41. The molecule has 0 aromatic heterocycles. The van der Waals surface area contributed by atoms with E-state index < -0.39 is 42.2 Å². The average molecular weight is 267 g/mol. The molecule has 0 saturated carbocycles. The minimum atomic E-state index is -1.50. The standard InChI is InChI=1S/C9H17NO8/c11-4-5-6(12)7(13)8(14)9(18-5)17-3-1-2-10(15)16/h5-9,11-14H,1-4H2. The van der Waals surface area contributed by atoms with Gasteiger partial charge >= 0.3 is 0 Å². The fourth-order valence-corrected chi connectivity index (χ4v) is 1.60. The van der Waals surface area contributed by atoms with Crippen LogP contribution in [0.3, 0.4) is 0 Å². The normalized spacial score (nSPS) is 36.6. The van der Waals surface area contributed by atoms with Crippen LogP contribution in [-0.2, 0) is 9.47 Å². The summed E-state index contributed by atoms with van der Waals surface area (Å²) in [5, 5.41) is 47.4. The molecule has 5 unspecified atom stereocenters. The molecule has 1 aliphatic heterocycles. The van der Waals surface area contributed by atoms with E-state index in [2.05, 4.69) is 0 Å². The molecule has 106 valence electrons. The summed E-state index contributed by atoms with van der Waals surface area (Å²) in [6, 6.07) is 0. The second-order valence-electron chi connectivity index (χ2n) is 3.98. The first-order valence-corrected chi connectivity index (χ1v) is 5.51. The lowest BCUT2D eigenvalue weighted by molar-refractivity contribution is -0.481. The predicted octanol–water partition coefficient (Wildman–Crippen LogP) is -2.53. The Kier molecular flexibility index (Phi) is 5.85. The van der Waals surface area contributed by atoms with E-state index in [1.54, 1.807) is 0 Å². The summed E-state index contributed by atoms with van der Waals surface area (Å²) in [5.41, 5.74) is 0. The molecule has 0 aromatic rings. The van der Waals surface area contributed by atoms with Crippen LogP contribution in [0.15, 0.2) is 0 Å². The van der Waals surface area contributed by atoms with Gasteiger partial charge in [-0.25, -0.2) is 0 Å². The van der Waals surface area contributed by atoms with Crippen LogP contribution in [0.5, 0.6) is 0 Å². The molecular weight excluding hydrogens is 250 g/mol. The van der Waals surface area contributed by atoms with Crippen molar-refractivity contribution in [2.24, 2.45) is 0 Å². The summed E-state index contributed by atoms with van der Waals surface area (Å²) in [4.78, 5) is 9.57. The van der Waals surface area contributed by atoms with Crippen molar-refractivity contribution < 1.29 is 34.8 Å². The molecule has 0 radical (unpaired) electrons. The van der Waals surface area contributed by atoms with E-state index in [1.807, 2.05) is 0 Å². The maximum absolute atomic E-state index is 10.1. The summed E-state index contributed by atoms with van der Waals surface area (Å²) >= 11 is 0. The van der Waals surface area contributed by atoms with Crippen LogP contribution < -0.4 is 0 Å². The third-order valence-electron chi connectivity index (χ3n) is 2.62. The van der Waals surface area contributed by atoms with E-state index in [-0.39, 0.29) is 19.6 Å². The summed E-state index contributed by atoms with van der Waals surface area (Å²) < 4.78 is 10.1. The Morgan fingerprint density at radius 2 is 1.89 bits per heavy atom. The van der Waals surface area contributed by atoms with Crippen LogP contribution in [0.4, 0.5) is 0 Å². The molecular formula is C9H17NO8. The van der Waals surface area contributed by atoms with Crippen molar-refractivity contribution in [2.75, 3.05) is 19.8 Å². The van der Waals surface area contributed by atoms with Crippen molar-refractivity contribution in [3.63, 3.8) is 0 Å². The van der Waals surface area contributed by atoms with Gasteiger partial charge in [0.25, 0.3) is 0 Å². The molecule has 0 spiro atoms. The Morgan fingerprint density at radius 3 is 2.44 bits per heavy atom. The van der Waals surface area contributed by atoms with E-state index in [1.165, 1.54) is 0 Å². The lowest BCUT2D eigenvalue weighted by Crippen LogP contribution is -2.59. The van der Waals surface area contributed by atoms with Gasteiger partial charge in [0.1, 0.15) is 24.4 Å². The Morgan fingerprint density at radius 1 is 1.22 bits per heavy atom. The van der Waals surface area contributed by atoms with Crippen LogP contribution in [0.25, 0.3) is 0 Å². The Bertz CT molecular complexity index is 273. The molecule has 1 aliphatic rings. The number of rotatable bonds is 6. The van der Waals surface area contributed by atoms with E-state index in [9.17, 15) is 25.4 Å². The quantitative estimate of drug-likeness (QED) is 0.234. The molecule has 9 heteroatoms. The van der Waals surface area contributed by atoms with Gasteiger partial charge in [-0.05, 0) is 0 Å². The van der Waals surface area contributed by atoms with Gasteiger partial charge in [-0.3, -0.25) is 10.1 Å². The highest BCUT2D eigenvalue weighted by molar-refractivity contribution is 4.88. The smallest absolute Gasteiger partial charge is 0.206 e. The molecule has 0 aromatic carbocycles. The average Bonchev–Trinajstić information content (AvgIpc) is 2.34. The van der Waals surface area contributed by atoms with Gasteiger partial charge in [0, 0.05) is 11.3 Å². The minimum absolute atomic E-state index is 0.0380. The van der Waals surface area contributed by atoms with Crippen LogP contribution in [0, 0.1) is 10.1 Å². The summed E-state index contributed by atoms with van der Waals surface area (Å²) in [5.74, 6) is 0. The fourth-order valence-electron chi connectivity index (χ4n) is 1.60. The molecule has 5 atom stereocenters. The number of hydrogen-bond acceptors (Lipinski definition) is 8. The number of aliphatic hydroxyl groups excluding tert-OH is 4. The lowest BCUT2D eigenvalue weighted by atomic mass is 9.99. The van der Waals surface area contributed by atoms with Crippen molar-refractivity contribution >= 4 is 0 Å². The molecule has 0 amide bonds. The molecule has 1 saturated heterocycles. The van der Waals surface area contributed by atoms with Crippen LogP contribution in [0.2, 0.25) is 0 Å². The second kappa shape index (κ2) is 6.92. The van der Waals surface area contributed by atoms with Gasteiger partial charge in [0.15, 0.2) is 6.29 Å². The van der Waals surface area contributed by atoms with E-state index in [0.29, 0.717) is 0 Å². The Hall–Kier alpha value is -0.840. The lowest BCUT2D eigenvalue weighted by Gasteiger charge is -2.39. The molecule has 1 fully saturated rings. The number of ether oxygens (including phenoxy) is 2. The SMILES string of the molecule is O=[N+]([O-])CCCOC1OC(CO)C(O)C(O)C1O. The van der Waals surface area contributed by atoms with Gasteiger partial charge in [-0.15, -0.1) is 0 Å². The number of aliphatic hydroxyl groups is 4. The minimum Gasteiger partial charge on any atom is -0.394 e. The highest BCUT2D eigenvalue weighted by atomic mass is 16.7. The van der Waals surface area contributed by atoms with Gasteiger partial charge in [-0.1, -0.05) is 0 Å². The maximum Gasteiger partial charge on any atom is 0.206 e. The zero-order valence-electron chi connectivity index (χ0n) is 9.58. The number of hydrogen-bond donors (Lipinski definition) is 4. The highest BCUT2D eigenvalue weighted by Gasteiger charge is 2.43. The van der Waals surface area contributed by atoms with E-state index >= 15 is 0 Å². The van der Waals surface area contributed by atoms with Crippen molar-refractivity contribution in [3.05, 3.63) is 10.1 Å². The molecule has 1 rings (SSSR count). The van der Waals surface area contributed by atoms with Crippen molar-refractivity contribution in [3.8, 4) is 0 Å². The summed E-state index contributed by atoms with van der Waals surface area (Å²) in [6.45, 7) is -0.860. The molecule has 9 nitrogen and oxygen atoms in total. The van der Waals surface area contributed by atoms with Crippen LogP contribution >= 0.6 is 0 Å². The molecule has 0 aliphatic carbocycles. The Labute approximate surface area is 103 Å². The second-order valence-corrected chi connectivity index (χ2v) is 3.98. The van der Waals surface area contributed by atoms with E-state index in [4.69, 9.17) is 14.6 Å². The van der Waals surface area contributed by atoms with Crippen molar-refractivity contribution in [1.29, 1.82) is 0 Å². The highest BCUT2D eigenvalue weighted by Crippen LogP contribution is 2.21. The molecule has 1 heterocycles. The van der Waals surface area contributed by atoms with Gasteiger partial charge in [0.2, 0.25) is 6.54 Å². The monoisotopic (exact) mass is 267 g/mol. The number of nitrogens with zero attached hydrogens (tertiary/aromatic N) is 1. The third-order valence-corrected chi connectivity index (χ3v) is 2.62. The predicted molar refractivity (Wildman–Crippen MR) is 56.2 cm³/mol. The third kappa shape index (κ3) is 3.83. The van der Waals surface area contributed by atoms with E-state index in [0.717, 1.165) is 0 Å². The van der Waals surface area contributed by atoms with Crippen molar-refractivity contribution in [1.82, 2.24) is 0 Å². The topological polar surface area (TPSA) is 143 Å². The zero-order chi connectivity index (χ0) is 13.7. The van der Waals surface area contributed by atoms with Crippen LogP contribution in [-0.4, -0.2) is 75.8 Å². The first-order chi connectivity index (χ1) is 8.47.